The van der Waals surface area contributed by atoms with Crippen LogP contribution in [0.15, 0.2) is 72.8 Å². The van der Waals surface area contributed by atoms with Crippen molar-refractivity contribution in [1.82, 2.24) is 4.90 Å². The highest BCUT2D eigenvalue weighted by molar-refractivity contribution is 6.03. The highest BCUT2D eigenvalue weighted by Crippen LogP contribution is 2.48. The van der Waals surface area contributed by atoms with Gasteiger partial charge in [0, 0.05) is 43.5 Å². The molecule has 2 unspecified atom stereocenters. The Kier molecular flexibility index (Phi) is 5.77. The summed E-state index contributed by atoms with van der Waals surface area (Å²) in [7, 11) is 0. The fraction of sp³-hybridized carbons (Fsp3) is 0.333. The number of fused-ring (bicyclic) bond motifs is 1. The number of carbonyl (C=O) groups excluding carboxylic acids is 2. The van der Waals surface area contributed by atoms with Crippen molar-refractivity contribution in [3.63, 3.8) is 0 Å². The molecule has 3 aliphatic rings. The number of rotatable bonds is 5. The molecule has 1 saturated heterocycles. The Hall–Kier alpha value is -3.60. The molecule has 5 heteroatoms. The Morgan fingerprint density at radius 3 is 2.37 bits per heavy atom. The minimum absolute atomic E-state index is 0.00611. The lowest BCUT2D eigenvalue weighted by molar-refractivity contribution is -0.117. The molecule has 0 spiro atoms. The number of nitrogens with zero attached hydrogens (tertiary/aromatic N) is 2. The van der Waals surface area contributed by atoms with Gasteiger partial charge >= 0.3 is 0 Å². The second-order valence-electron chi connectivity index (χ2n) is 10.0. The van der Waals surface area contributed by atoms with Crippen LogP contribution in [0.5, 0.6) is 0 Å². The maximum atomic E-state index is 13.6. The average Bonchev–Trinajstić information content (AvgIpc) is 3.53. The van der Waals surface area contributed by atoms with Crippen molar-refractivity contribution >= 4 is 23.2 Å². The lowest BCUT2D eigenvalue weighted by atomic mass is 9.98. The van der Waals surface area contributed by atoms with Crippen LogP contribution in [0.1, 0.15) is 52.2 Å². The predicted octanol–water partition coefficient (Wildman–Crippen LogP) is 5.23. The molecule has 6 rings (SSSR count). The number of hydrogen-bond acceptors (Lipinski definition) is 3. The second kappa shape index (κ2) is 9.21. The molecule has 2 amide bonds. The quantitative estimate of drug-likeness (QED) is 0.562. The van der Waals surface area contributed by atoms with Gasteiger partial charge in [-0.25, -0.2) is 0 Å². The molecule has 2 aliphatic heterocycles. The number of carbonyl (C=O) groups is 2. The van der Waals surface area contributed by atoms with E-state index in [9.17, 15) is 9.59 Å². The smallest absolute Gasteiger partial charge is 0.256 e. The third kappa shape index (κ3) is 4.43. The predicted molar refractivity (Wildman–Crippen MR) is 139 cm³/mol. The van der Waals surface area contributed by atoms with Gasteiger partial charge in [0.15, 0.2) is 0 Å². The lowest BCUT2D eigenvalue weighted by Gasteiger charge is -2.33. The van der Waals surface area contributed by atoms with Crippen molar-refractivity contribution in [2.45, 2.75) is 38.1 Å². The van der Waals surface area contributed by atoms with Crippen LogP contribution < -0.4 is 10.2 Å². The molecule has 178 valence electrons. The summed E-state index contributed by atoms with van der Waals surface area (Å²) in [6.45, 7) is 3.28. The highest BCUT2D eigenvalue weighted by atomic mass is 16.2. The number of nitrogens with one attached hydrogen (secondary N) is 1. The van der Waals surface area contributed by atoms with Gasteiger partial charge in [0.05, 0.1) is 5.56 Å². The second-order valence-corrected chi connectivity index (χ2v) is 10.0. The van der Waals surface area contributed by atoms with Crippen LogP contribution in [0.2, 0.25) is 0 Å². The molecule has 35 heavy (non-hydrogen) atoms. The molecule has 2 fully saturated rings. The van der Waals surface area contributed by atoms with Crippen LogP contribution in [0.3, 0.4) is 0 Å². The molecule has 2 atom stereocenters. The van der Waals surface area contributed by atoms with Crippen LogP contribution in [0, 0.1) is 5.92 Å². The lowest BCUT2D eigenvalue weighted by Crippen LogP contribution is -2.34. The van der Waals surface area contributed by atoms with Gasteiger partial charge in [0.2, 0.25) is 5.91 Å². The van der Waals surface area contributed by atoms with Crippen LogP contribution in [-0.4, -0.2) is 36.3 Å². The van der Waals surface area contributed by atoms with Crippen molar-refractivity contribution in [2.24, 2.45) is 5.92 Å². The molecule has 1 aliphatic carbocycles. The van der Waals surface area contributed by atoms with E-state index in [1.54, 1.807) is 0 Å². The zero-order valence-electron chi connectivity index (χ0n) is 20.0. The zero-order valence-corrected chi connectivity index (χ0v) is 20.0. The highest BCUT2D eigenvalue weighted by Gasteiger charge is 2.43. The van der Waals surface area contributed by atoms with Gasteiger partial charge in [-0.05, 0) is 66.5 Å². The van der Waals surface area contributed by atoms with Crippen molar-refractivity contribution in [3.8, 4) is 0 Å². The number of benzene rings is 3. The normalized spacial score (nSPS) is 20.9. The molecule has 0 bridgehead atoms. The standard InChI is InChI=1S/C30H31N3O2/c34-29(26-19-25(26)22-9-2-1-3-10-22)31-24-12-13-28(27(18-24)30(35)32-15-6-7-16-32)33-17-14-21-8-4-5-11-23(21)20-33/h1-5,8-13,18,25-26H,6-7,14-17,19-20H2,(H,31,34). The van der Waals surface area contributed by atoms with Gasteiger partial charge in [0.1, 0.15) is 0 Å². The molecule has 1 N–H and O–H groups in total. The Morgan fingerprint density at radius 1 is 0.829 bits per heavy atom. The topological polar surface area (TPSA) is 52.7 Å². The summed E-state index contributed by atoms with van der Waals surface area (Å²) in [5.74, 6) is 0.391. The van der Waals surface area contributed by atoms with Gasteiger partial charge in [-0.15, -0.1) is 0 Å². The van der Waals surface area contributed by atoms with Gasteiger partial charge in [0.25, 0.3) is 5.91 Å². The van der Waals surface area contributed by atoms with E-state index in [0.29, 0.717) is 11.3 Å². The van der Waals surface area contributed by atoms with Gasteiger partial charge in [-0.1, -0.05) is 54.6 Å². The third-order valence-electron chi connectivity index (χ3n) is 7.71. The summed E-state index contributed by atoms with van der Waals surface area (Å²) in [4.78, 5) is 30.8. The molecule has 1 saturated carbocycles. The van der Waals surface area contributed by atoms with Crippen LogP contribution >= 0.6 is 0 Å². The van der Waals surface area contributed by atoms with E-state index in [1.165, 1.54) is 16.7 Å². The van der Waals surface area contributed by atoms with E-state index in [2.05, 4.69) is 46.6 Å². The molecule has 2 heterocycles. The Morgan fingerprint density at radius 2 is 1.57 bits per heavy atom. The first-order valence-electron chi connectivity index (χ1n) is 12.8. The summed E-state index contributed by atoms with van der Waals surface area (Å²) in [5.41, 5.74) is 6.28. The Balaban J connectivity index is 1.24. The molecule has 5 nitrogen and oxygen atoms in total. The minimum Gasteiger partial charge on any atom is -0.366 e. The van der Waals surface area contributed by atoms with Crippen molar-refractivity contribution in [1.29, 1.82) is 0 Å². The number of likely N-dealkylation sites (tertiary alicyclic amines) is 1. The van der Waals surface area contributed by atoms with Crippen molar-refractivity contribution < 1.29 is 9.59 Å². The van der Waals surface area contributed by atoms with E-state index < -0.39 is 0 Å². The van der Waals surface area contributed by atoms with Crippen LogP contribution in [0.25, 0.3) is 0 Å². The zero-order chi connectivity index (χ0) is 23.8. The van der Waals surface area contributed by atoms with E-state index in [1.807, 2.05) is 41.3 Å². The van der Waals surface area contributed by atoms with E-state index in [4.69, 9.17) is 0 Å². The fourth-order valence-electron chi connectivity index (χ4n) is 5.64. The summed E-state index contributed by atoms with van der Waals surface area (Å²) in [5, 5.41) is 3.11. The molecule has 0 aromatic heterocycles. The molecule has 0 radical (unpaired) electrons. The van der Waals surface area contributed by atoms with E-state index in [0.717, 1.165) is 57.5 Å². The monoisotopic (exact) mass is 465 g/mol. The summed E-state index contributed by atoms with van der Waals surface area (Å²) >= 11 is 0. The van der Waals surface area contributed by atoms with Crippen LogP contribution in [0.4, 0.5) is 11.4 Å². The average molecular weight is 466 g/mol. The molecule has 3 aromatic rings. The molecule has 3 aromatic carbocycles. The third-order valence-corrected chi connectivity index (χ3v) is 7.71. The van der Waals surface area contributed by atoms with E-state index in [-0.39, 0.29) is 23.7 Å². The molecular weight excluding hydrogens is 434 g/mol. The number of anilines is 2. The summed E-state index contributed by atoms with van der Waals surface area (Å²) in [6.07, 6.45) is 3.95. The van der Waals surface area contributed by atoms with Gasteiger partial charge < -0.3 is 15.1 Å². The van der Waals surface area contributed by atoms with Gasteiger partial charge in [-0.2, -0.15) is 0 Å². The first-order chi connectivity index (χ1) is 17.2. The maximum Gasteiger partial charge on any atom is 0.256 e. The van der Waals surface area contributed by atoms with Gasteiger partial charge in [-0.3, -0.25) is 9.59 Å². The molecular formula is C30H31N3O2. The van der Waals surface area contributed by atoms with Crippen LogP contribution in [-0.2, 0) is 17.8 Å². The fourth-order valence-corrected chi connectivity index (χ4v) is 5.64. The van der Waals surface area contributed by atoms with Crippen molar-refractivity contribution in [3.05, 3.63) is 95.1 Å². The Labute approximate surface area is 206 Å². The summed E-state index contributed by atoms with van der Waals surface area (Å²) < 4.78 is 0. The first kappa shape index (κ1) is 21.9. The van der Waals surface area contributed by atoms with E-state index >= 15 is 0 Å². The SMILES string of the molecule is O=C(Nc1ccc(N2CCc3ccccc3C2)c(C(=O)N2CCCC2)c1)C1CC1c1ccccc1. The Bertz CT molecular complexity index is 1250. The number of amides is 2. The largest absolute Gasteiger partial charge is 0.366 e. The first-order valence-corrected chi connectivity index (χ1v) is 12.8. The minimum atomic E-state index is -0.00611. The summed E-state index contributed by atoms with van der Waals surface area (Å²) in [6, 6.07) is 24.7. The number of hydrogen-bond donors (Lipinski definition) is 1. The van der Waals surface area contributed by atoms with Crippen molar-refractivity contribution in [2.75, 3.05) is 29.9 Å². The maximum absolute atomic E-state index is 13.6.